The number of rotatable bonds is 8. The van der Waals surface area contributed by atoms with Gasteiger partial charge in [0, 0.05) is 24.8 Å². The lowest BCUT2D eigenvalue weighted by Gasteiger charge is -2.37. The molecule has 1 fully saturated rings. The van der Waals surface area contributed by atoms with Crippen LogP contribution in [0.25, 0.3) is 0 Å². The number of hydrogen-bond donors (Lipinski definition) is 1. The van der Waals surface area contributed by atoms with E-state index in [4.69, 9.17) is 4.74 Å². The molecule has 2 atom stereocenters. The highest BCUT2D eigenvalue weighted by molar-refractivity contribution is 5.79. The molecular weight excluding hydrogens is 417 g/mol. The van der Waals surface area contributed by atoms with Gasteiger partial charge in [0.15, 0.2) is 0 Å². The Labute approximate surface area is 194 Å². The Bertz CT molecular complexity index is 1040. The van der Waals surface area contributed by atoms with Crippen LogP contribution in [0.5, 0.6) is 5.75 Å². The number of amides is 1. The van der Waals surface area contributed by atoms with Crippen LogP contribution < -0.4 is 10.1 Å². The molecule has 1 aliphatic rings. The number of carbonyl (C=O) groups is 1. The fraction of sp³-hybridized carbons (Fsp3) is 0.333. The number of methoxy groups -OCH3 is 1. The third kappa shape index (κ3) is 6.17. The Morgan fingerprint density at radius 1 is 1.15 bits per heavy atom. The number of ether oxygens (including phenoxy) is 1. The molecule has 0 radical (unpaired) electrons. The lowest BCUT2D eigenvalue weighted by Crippen LogP contribution is -2.43. The summed E-state index contributed by atoms with van der Waals surface area (Å²) < 4.78 is 18.7. The van der Waals surface area contributed by atoms with E-state index in [9.17, 15) is 9.18 Å². The van der Waals surface area contributed by atoms with Gasteiger partial charge in [0.2, 0.25) is 5.91 Å². The van der Waals surface area contributed by atoms with Crippen LogP contribution in [-0.2, 0) is 17.8 Å². The Morgan fingerprint density at radius 3 is 2.70 bits per heavy atom. The van der Waals surface area contributed by atoms with Crippen molar-refractivity contribution >= 4 is 5.91 Å². The van der Waals surface area contributed by atoms with E-state index in [1.54, 1.807) is 13.3 Å². The quantitative estimate of drug-likeness (QED) is 0.551. The van der Waals surface area contributed by atoms with Crippen LogP contribution in [0.4, 0.5) is 4.39 Å². The van der Waals surface area contributed by atoms with Gasteiger partial charge >= 0.3 is 0 Å². The van der Waals surface area contributed by atoms with Gasteiger partial charge in [-0.05, 0) is 61.2 Å². The van der Waals surface area contributed by atoms with Crippen molar-refractivity contribution in [3.63, 3.8) is 0 Å². The van der Waals surface area contributed by atoms with Crippen LogP contribution in [-0.4, -0.2) is 36.0 Å². The molecule has 1 N–H and O–H groups in total. The minimum absolute atomic E-state index is 0.0502. The van der Waals surface area contributed by atoms with Gasteiger partial charge in [-0.3, -0.25) is 14.7 Å². The maximum absolute atomic E-state index is 13.3. The molecule has 33 heavy (non-hydrogen) atoms. The first-order chi connectivity index (χ1) is 16.1. The second-order valence-corrected chi connectivity index (χ2v) is 8.55. The highest BCUT2D eigenvalue weighted by Gasteiger charge is 2.30. The zero-order chi connectivity index (χ0) is 23.0. The third-order valence-electron chi connectivity index (χ3n) is 6.20. The lowest BCUT2D eigenvalue weighted by atomic mass is 9.88. The smallest absolute Gasteiger partial charge is 0.225 e. The molecule has 1 aliphatic heterocycles. The predicted molar refractivity (Wildman–Crippen MR) is 126 cm³/mol. The number of likely N-dealkylation sites (tertiary alicyclic amines) is 1. The van der Waals surface area contributed by atoms with Crippen molar-refractivity contribution in [2.45, 2.75) is 31.8 Å². The van der Waals surface area contributed by atoms with E-state index in [0.717, 1.165) is 49.3 Å². The molecule has 0 bridgehead atoms. The van der Waals surface area contributed by atoms with E-state index in [2.05, 4.69) is 15.2 Å². The number of aromatic nitrogens is 1. The average Bonchev–Trinajstić information content (AvgIpc) is 2.85. The minimum atomic E-state index is -0.219. The molecule has 5 nitrogen and oxygen atoms in total. The summed E-state index contributed by atoms with van der Waals surface area (Å²) in [5.74, 6) is 0.676. The molecule has 172 valence electrons. The summed E-state index contributed by atoms with van der Waals surface area (Å²) in [7, 11) is 1.62. The van der Waals surface area contributed by atoms with E-state index >= 15 is 0 Å². The molecule has 6 heteroatoms. The molecule has 2 heterocycles. The Hall–Kier alpha value is -3.25. The molecule has 3 aromatic rings. The summed E-state index contributed by atoms with van der Waals surface area (Å²) in [6.07, 6.45) is 4.07. The molecule has 0 saturated carbocycles. The highest BCUT2D eigenvalue weighted by Crippen LogP contribution is 2.30. The Balaban J connectivity index is 1.48. The van der Waals surface area contributed by atoms with Gasteiger partial charge in [0.05, 0.1) is 25.3 Å². The number of pyridine rings is 1. The first-order valence-corrected chi connectivity index (χ1v) is 11.4. The SMILES string of the molecule is COc1ccccc1CC(=O)NC(c1ccccn1)C1CCCN(Cc2ccc(F)cc2)C1. The number of para-hydroxylation sites is 1. The maximum Gasteiger partial charge on any atom is 0.225 e. The van der Waals surface area contributed by atoms with Gasteiger partial charge in [0.1, 0.15) is 11.6 Å². The maximum atomic E-state index is 13.3. The van der Waals surface area contributed by atoms with Gasteiger partial charge in [-0.1, -0.05) is 36.4 Å². The summed E-state index contributed by atoms with van der Waals surface area (Å²) in [5, 5.41) is 3.26. The fourth-order valence-electron chi connectivity index (χ4n) is 4.59. The molecular formula is C27H30FN3O2. The topological polar surface area (TPSA) is 54.5 Å². The molecule has 1 aromatic heterocycles. The summed E-state index contributed by atoms with van der Waals surface area (Å²) in [5.41, 5.74) is 2.82. The van der Waals surface area contributed by atoms with E-state index < -0.39 is 0 Å². The molecule has 1 amide bonds. The van der Waals surface area contributed by atoms with Gasteiger partial charge in [-0.2, -0.15) is 0 Å². The number of benzene rings is 2. The number of nitrogens with one attached hydrogen (secondary N) is 1. The van der Waals surface area contributed by atoms with E-state index in [-0.39, 0.29) is 30.1 Å². The van der Waals surface area contributed by atoms with Crippen molar-refractivity contribution in [2.75, 3.05) is 20.2 Å². The summed E-state index contributed by atoms with van der Waals surface area (Å²) in [4.78, 5) is 20.0. The molecule has 0 spiro atoms. The van der Waals surface area contributed by atoms with Gasteiger partial charge in [-0.25, -0.2) is 4.39 Å². The normalized spacial score (nSPS) is 17.3. The van der Waals surface area contributed by atoms with Gasteiger partial charge in [-0.15, -0.1) is 0 Å². The number of hydrogen-bond acceptors (Lipinski definition) is 4. The van der Waals surface area contributed by atoms with Crippen LogP contribution in [0.3, 0.4) is 0 Å². The van der Waals surface area contributed by atoms with Crippen molar-refractivity contribution in [2.24, 2.45) is 5.92 Å². The molecule has 4 rings (SSSR count). The van der Waals surface area contributed by atoms with Crippen molar-refractivity contribution < 1.29 is 13.9 Å². The molecule has 2 aromatic carbocycles. The van der Waals surface area contributed by atoms with Gasteiger partial charge < -0.3 is 10.1 Å². The van der Waals surface area contributed by atoms with Crippen LogP contribution in [0.15, 0.2) is 72.9 Å². The standard InChI is InChI=1S/C27H30FN3O2/c1-33-25-10-3-2-7-21(25)17-26(32)30-27(24-9-4-5-15-29-24)22-8-6-16-31(19-22)18-20-11-13-23(28)14-12-20/h2-5,7,9-15,22,27H,6,8,16-19H2,1H3,(H,30,32). The first kappa shape index (κ1) is 22.9. The zero-order valence-corrected chi connectivity index (χ0v) is 18.9. The van der Waals surface area contributed by atoms with Crippen LogP contribution in [0, 0.1) is 11.7 Å². The second-order valence-electron chi connectivity index (χ2n) is 8.55. The fourth-order valence-corrected chi connectivity index (χ4v) is 4.59. The molecule has 1 saturated heterocycles. The third-order valence-corrected chi connectivity index (χ3v) is 6.20. The van der Waals surface area contributed by atoms with Crippen molar-refractivity contribution in [1.29, 1.82) is 0 Å². The monoisotopic (exact) mass is 447 g/mol. The van der Waals surface area contributed by atoms with E-state index in [1.165, 1.54) is 12.1 Å². The summed E-state index contributed by atoms with van der Waals surface area (Å²) in [6, 6.07) is 19.9. The first-order valence-electron chi connectivity index (χ1n) is 11.4. The Kier molecular flexibility index (Phi) is 7.68. The number of carbonyl (C=O) groups excluding carboxylic acids is 1. The number of halogens is 1. The molecule has 2 unspecified atom stereocenters. The summed E-state index contributed by atoms with van der Waals surface area (Å²) in [6.45, 7) is 2.59. The second kappa shape index (κ2) is 11.1. The van der Waals surface area contributed by atoms with Crippen molar-refractivity contribution in [3.05, 3.63) is 95.6 Å². The van der Waals surface area contributed by atoms with E-state index in [0.29, 0.717) is 5.75 Å². The summed E-state index contributed by atoms with van der Waals surface area (Å²) >= 11 is 0. The number of nitrogens with zero attached hydrogens (tertiary/aromatic N) is 2. The highest BCUT2D eigenvalue weighted by atomic mass is 19.1. The van der Waals surface area contributed by atoms with Crippen LogP contribution >= 0.6 is 0 Å². The van der Waals surface area contributed by atoms with Crippen LogP contribution in [0.1, 0.15) is 35.7 Å². The average molecular weight is 448 g/mol. The van der Waals surface area contributed by atoms with E-state index in [1.807, 2.05) is 54.6 Å². The van der Waals surface area contributed by atoms with Gasteiger partial charge in [0.25, 0.3) is 0 Å². The van der Waals surface area contributed by atoms with Crippen molar-refractivity contribution in [3.8, 4) is 5.75 Å². The molecule has 0 aliphatic carbocycles. The largest absolute Gasteiger partial charge is 0.496 e. The number of piperidine rings is 1. The van der Waals surface area contributed by atoms with Crippen molar-refractivity contribution in [1.82, 2.24) is 15.2 Å². The zero-order valence-electron chi connectivity index (χ0n) is 18.9. The minimum Gasteiger partial charge on any atom is -0.496 e. The predicted octanol–water partition coefficient (Wildman–Crippen LogP) is 4.54. The Morgan fingerprint density at radius 2 is 1.94 bits per heavy atom. The van der Waals surface area contributed by atoms with Crippen LogP contribution in [0.2, 0.25) is 0 Å². The lowest BCUT2D eigenvalue weighted by molar-refractivity contribution is -0.121.